The van der Waals surface area contributed by atoms with E-state index < -0.39 is 9.84 Å². The third kappa shape index (κ3) is 3.90. The lowest BCUT2D eigenvalue weighted by atomic mass is 9.99. The highest BCUT2D eigenvalue weighted by Crippen LogP contribution is 2.25. The summed E-state index contributed by atoms with van der Waals surface area (Å²) in [6.45, 7) is 0.702. The van der Waals surface area contributed by atoms with Crippen molar-refractivity contribution in [2.24, 2.45) is 0 Å². The van der Waals surface area contributed by atoms with Crippen molar-refractivity contribution in [1.29, 1.82) is 0 Å². The number of nitrogens with zero attached hydrogens (tertiary/aromatic N) is 2. The topological polar surface area (TPSA) is 67.3 Å². The summed E-state index contributed by atoms with van der Waals surface area (Å²) in [5, 5.41) is 0. The van der Waals surface area contributed by atoms with E-state index in [-0.39, 0.29) is 17.7 Å². The number of benzene rings is 1. The second kappa shape index (κ2) is 6.57. The van der Waals surface area contributed by atoms with Crippen LogP contribution in [0.15, 0.2) is 23.7 Å². The van der Waals surface area contributed by atoms with Crippen LogP contribution in [0.3, 0.4) is 0 Å². The van der Waals surface area contributed by atoms with E-state index in [9.17, 15) is 13.2 Å². The van der Waals surface area contributed by atoms with Crippen molar-refractivity contribution in [2.75, 3.05) is 18.6 Å². The average Bonchev–Trinajstić information content (AvgIpc) is 2.99. The molecule has 1 aliphatic heterocycles. The lowest BCUT2D eigenvalue weighted by molar-refractivity contribution is 0.0609. The summed E-state index contributed by atoms with van der Waals surface area (Å²) in [4.78, 5) is 18.9. The molecule has 1 amide bonds. The number of thiazole rings is 1. The van der Waals surface area contributed by atoms with E-state index in [1.807, 2.05) is 23.1 Å². The lowest BCUT2D eigenvalue weighted by Crippen LogP contribution is -2.44. The van der Waals surface area contributed by atoms with E-state index in [0.717, 1.165) is 29.5 Å². The fourth-order valence-electron chi connectivity index (χ4n) is 3.07. The highest BCUT2D eigenvalue weighted by Gasteiger charge is 2.28. The minimum Gasteiger partial charge on any atom is -0.336 e. The smallest absolute Gasteiger partial charge is 0.254 e. The predicted molar refractivity (Wildman–Crippen MR) is 92.6 cm³/mol. The average molecular weight is 352 g/mol. The molecule has 0 saturated carbocycles. The fourth-order valence-corrected chi connectivity index (χ4v) is 4.49. The second-order valence-corrected chi connectivity index (χ2v) is 9.25. The summed E-state index contributed by atoms with van der Waals surface area (Å²) in [5.41, 5.74) is 3.33. The Kier molecular flexibility index (Phi) is 4.68. The van der Waals surface area contributed by atoms with Crippen molar-refractivity contribution in [3.05, 3.63) is 29.3 Å². The molecular weight excluding hydrogens is 332 g/mol. The van der Waals surface area contributed by atoms with Gasteiger partial charge in [-0.3, -0.25) is 4.79 Å². The largest absolute Gasteiger partial charge is 0.336 e. The number of fused-ring (bicyclic) bond motifs is 1. The molecule has 1 saturated heterocycles. The number of aromatic nitrogens is 1. The number of likely N-dealkylation sites (tertiary alicyclic amines) is 1. The Morgan fingerprint density at radius 3 is 3.00 bits per heavy atom. The molecule has 1 aromatic carbocycles. The number of carbonyl (C=O) groups excluding carboxylic acids is 1. The van der Waals surface area contributed by atoms with Gasteiger partial charge in [-0.1, -0.05) is 0 Å². The van der Waals surface area contributed by atoms with Crippen LogP contribution in [-0.2, 0) is 9.84 Å². The number of piperidine rings is 1. The molecule has 0 aliphatic carbocycles. The zero-order valence-corrected chi connectivity index (χ0v) is 14.7. The molecule has 0 radical (unpaired) electrons. The number of hydrogen-bond donors (Lipinski definition) is 0. The first kappa shape index (κ1) is 16.4. The molecule has 1 fully saturated rings. The van der Waals surface area contributed by atoms with Crippen molar-refractivity contribution < 1.29 is 13.2 Å². The quantitative estimate of drug-likeness (QED) is 0.848. The maximum Gasteiger partial charge on any atom is 0.254 e. The van der Waals surface area contributed by atoms with Crippen LogP contribution in [0.5, 0.6) is 0 Å². The Morgan fingerprint density at radius 2 is 2.22 bits per heavy atom. The first-order chi connectivity index (χ1) is 10.9. The highest BCUT2D eigenvalue weighted by molar-refractivity contribution is 7.90. The van der Waals surface area contributed by atoms with Crippen LogP contribution in [0.2, 0.25) is 0 Å². The SMILES string of the molecule is CS(=O)(=O)CCC1CCCCN1C(=O)c1ccc2ncsc2c1. The summed E-state index contributed by atoms with van der Waals surface area (Å²) in [5.74, 6) is 0.133. The van der Waals surface area contributed by atoms with Crippen molar-refractivity contribution in [2.45, 2.75) is 31.7 Å². The zero-order chi connectivity index (χ0) is 16.4. The summed E-state index contributed by atoms with van der Waals surface area (Å²) >= 11 is 1.52. The van der Waals surface area contributed by atoms with Crippen molar-refractivity contribution >= 4 is 37.3 Å². The van der Waals surface area contributed by atoms with E-state index in [1.165, 1.54) is 17.6 Å². The van der Waals surface area contributed by atoms with Crippen LogP contribution in [-0.4, -0.2) is 48.8 Å². The molecule has 2 aromatic rings. The maximum absolute atomic E-state index is 12.9. The molecule has 2 heterocycles. The van der Waals surface area contributed by atoms with Gasteiger partial charge < -0.3 is 4.90 Å². The van der Waals surface area contributed by atoms with Gasteiger partial charge in [0.05, 0.1) is 21.5 Å². The standard InChI is InChI=1S/C16H20N2O3S2/c1-23(20,21)9-7-13-4-2-3-8-18(13)16(19)12-5-6-14-15(10-12)22-11-17-14/h5-6,10-11,13H,2-4,7-9H2,1H3. The Hall–Kier alpha value is -1.47. The summed E-state index contributed by atoms with van der Waals surface area (Å²) in [6.07, 6.45) is 4.67. The van der Waals surface area contributed by atoms with Gasteiger partial charge in [-0.05, 0) is 43.9 Å². The minimum atomic E-state index is -3.00. The van der Waals surface area contributed by atoms with Crippen LogP contribution < -0.4 is 0 Å². The van der Waals surface area contributed by atoms with Gasteiger partial charge in [0, 0.05) is 24.4 Å². The third-order valence-electron chi connectivity index (χ3n) is 4.29. The van der Waals surface area contributed by atoms with Gasteiger partial charge in [0.15, 0.2) is 0 Å². The summed E-state index contributed by atoms with van der Waals surface area (Å²) in [7, 11) is -3.00. The lowest BCUT2D eigenvalue weighted by Gasteiger charge is -2.36. The molecular formula is C16H20N2O3S2. The van der Waals surface area contributed by atoms with Gasteiger partial charge in [-0.15, -0.1) is 11.3 Å². The van der Waals surface area contributed by atoms with Gasteiger partial charge in [-0.25, -0.2) is 13.4 Å². The molecule has 0 N–H and O–H groups in total. The maximum atomic E-state index is 12.9. The molecule has 0 spiro atoms. The predicted octanol–water partition coefficient (Wildman–Crippen LogP) is 2.73. The Balaban J connectivity index is 1.79. The molecule has 23 heavy (non-hydrogen) atoms. The van der Waals surface area contributed by atoms with Crippen molar-refractivity contribution in [3.63, 3.8) is 0 Å². The highest BCUT2D eigenvalue weighted by atomic mass is 32.2. The van der Waals surface area contributed by atoms with E-state index in [0.29, 0.717) is 18.5 Å². The van der Waals surface area contributed by atoms with Gasteiger partial charge in [0.1, 0.15) is 9.84 Å². The molecule has 0 bridgehead atoms. The van der Waals surface area contributed by atoms with E-state index in [4.69, 9.17) is 0 Å². The number of amides is 1. The van der Waals surface area contributed by atoms with Crippen LogP contribution in [0.1, 0.15) is 36.0 Å². The molecule has 1 aliphatic rings. The Morgan fingerprint density at radius 1 is 1.39 bits per heavy atom. The van der Waals surface area contributed by atoms with Crippen molar-refractivity contribution in [1.82, 2.24) is 9.88 Å². The Bertz CT molecular complexity index is 814. The molecule has 5 nitrogen and oxygen atoms in total. The van der Waals surface area contributed by atoms with Crippen LogP contribution in [0.25, 0.3) is 10.2 Å². The van der Waals surface area contributed by atoms with Gasteiger partial charge in [0.25, 0.3) is 5.91 Å². The van der Waals surface area contributed by atoms with Crippen molar-refractivity contribution in [3.8, 4) is 0 Å². The van der Waals surface area contributed by atoms with E-state index in [2.05, 4.69) is 4.98 Å². The van der Waals surface area contributed by atoms with Gasteiger partial charge in [0.2, 0.25) is 0 Å². The van der Waals surface area contributed by atoms with E-state index >= 15 is 0 Å². The monoisotopic (exact) mass is 352 g/mol. The zero-order valence-electron chi connectivity index (χ0n) is 13.1. The van der Waals surface area contributed by atoms with Crippen LogP contribution >= 0.6 is 11.3 Å². The van der Waals surface area contributed by atoms with E-state index in [1.54, 1.807) is 5.51 Å². The molecule has 3 rings (SSSR count). The second-order valence-electron chi connectivity index (χ2n) is 6.10. The molecule has 124 valence electrons. The third-order valence-corrected chi connectivity index (χ3v) is 6.06. The number of sulfone groups is 1. The fraction of sp³-hybridized carbons (Fsp3) is 0.500. The molecule has 1 unspecified atom stereocenters. The molecule has 1 atom stereocenters. The Labute approximate surface area is 140 Å². The number of hydrogen-bond acceptors (Lipinski definition) is 5. The minimum absolute atomic E-state index is 0.00139. The first-order valence-corrected chi connectivity index (χ1v) is 10.7. The molecule has 1 aromatic heterocycles. The van der Waals surface area contributed by atoms with Crippen LogP contribution in [0.4, 0.5) is 0 Å². The summed E-state index contributed by atoms with van der Waals surface area (Å²) in [6, 6.07) is 5.58. The van der Waals surface area contributed by atoms with Gasteiger partial charge >= 0.3 is 0 Å². The first-order valence-electron chi connectivity index (χ1n) is 7.76. The summed E-state index contributed by atoms with van der Waals surface area (Å²) < 4.78 is 23.9. The number of carbonyl (C=O) groups is 1. The number of rotatable bonds is 4. The van der Waals surface area contributed by atoms with Crippen LogP contribution in [0, 0.1) is 0 Å². The normalized spacial score (nSPS) is 19.2. The van der Waals surface area contributed by atoms with Gasteiger partial charge in [-0.2, -0.15) is 0 Å². The molecule has 7 heteroatoms.